The third-order valence-corrected chi connectivity index (χ3v) is 5.04. The zero-order valence-corrected chi connectivity index (χ0v) is 16.1. The van der Waals surface area contributed by atoms with Crippen LogP contribution in [0.5, 0.6) is 0 Å². The van der Waals surface area contributed by atoms with Gasteiger partial charge in [0.2, 0.25) is 0 Å². The molecule has 0 saturated carbocycles. The molecule has 0 N–H and O–H groups in total. The molecule has 0 fully saturated rings. The highest BCUT2D eigenvalue weighted by Gasteiger charge is 2.06. The summed E-state index contributed by atoms with van der Waals surface area (Å²) in [5.41, 5.74) is 6.08. The SMILES string of the molecule is CCc1ccc2c(F)c(C#Cc3ccc(-c4ccc(C)cc4)cc3)ccc2c1. The van der Waals surface area contributed by atoms with Crippen LogP contribution in [0.2, 0.25) is 0 Å². The summed E-state index contributed by atoms with van der Waals surface area (Å²) in [6, 6.07) is 26.1. The smallest absolute Gasteiger partial charge is 0.146 e. The van der Waals surface area contributed by atoms with Gasteiger partial charge in [0.05, 0.1) is 5.56 Å². The summed E-state index contributed by atoms with van der Waals surface area (Å²) in [6.07, 6.45) is 0.942. The number of hydrogen-bond acceptors (Lipinski definition) is 0. The highest BCUT2D eigenvalue weighted by molar-refractivity contribution is 5.85. The van der Waals surface area contributed by atoms with Gasteiger partial charge in [0.25, 0.3) is 0 Å². The van der Waals surface area contributed by atoms with E-state index in [4.69, 9.17) is 0 Å². The molecule has 28 heavy (non-hydrogen) atoms. The van der Waals surface area contributed by atoms with Gasteiger partial charge in [0.1, 0.15) is 5.82 Å². The molecule has 0 atom stereocenters. The van der Waals surface area contributed by atoms with Crippen molar-refractivity contribution in [2.45, 2.75) is 20.3 Å². The lowest BCUT2D eigenvalue weighted by Crippen LogP contribution is -1.88. The maximum atomic E-state index is 14.8. The maximum absolute atomic E-state index is 14.8. The van der Waals surface area contributed by atoms with Gasteiger partial charge in [-0.3, -0.25) is 0 Å². The topological polar surface area (TPSA) is 0 Å². The molecule has 136 valence electrons. The van der Waals surface area contributed by atoms with Crippen LogP contribution in [-0.4, -0.2) is 0 Å². The lowest BCUT2D eigenvalue weighted by atomic mass is 10.0. The highest BCUT2D eigenvalue weighted by Crippen LogP contribution is 2.23. The first kappa shape index (κ1) is 18.0. The van der Waals surface area contributed by atoms with Crippen molar-refractivity contribution in [3.05, 3.63) is 107 Å². The molecule has 0 aliphatic heterocycles. The van der Waals surface area contributed by atoms with Crippen LogP contribution in [0.15, 0.2) is 78.9 Å². The molecule has 0 aromatic heterocycles. The van der Waals surface area contributed by atoms with Gasteiger partial charge in [-0.1, -0.05) is 85.0 Å². The zero-order valence-electron chi connectivity index (χ0n) is 16.1. The molecule has 0 heterocycles. The van der Waals surface area contributed by atoms with E-state index in [1.807, 2.05) is 36.4 Å². The second kappa shape index (κ2) is 7.71. The van der Waals surface area contributed by atoms with Gasteiger partial charge in [-0.25, -0.2) is 4.39 Å². The van der Waals surface area contributed by atoms with Crippen molar-refractivity contribution in [2.75, 3.05) is 0 Å². The molecule has 0 unspecified atom stereocenters. The normalized spacial score (nSPS) is 10.5. The average Bonchev–Trinajstić information content (AvgIpc) is 2.74. The fraction of sp³-hybridized carbons (Fsp3) is 0.111. The second-order valence-electron chi connectivity index (χ2n) is 7.03. The van der Waals surface area contributed by atoms with Crippen LogP contribution >= 0.6 is 0 Å². The van der Waals surface area contributed by atoms with Gasteiger partial charge in [-0.15, -0.1) is 0 Å². The molecule has 4 aromatic carbocycles. The second-order valence-corrected chi connectivity index (χ2v) is 7.03. The zero-order chi connectivity index (χ0) is 19.5. The molecule has 0 nitrogen and oxygen atoms in total. The summed E-state index contributed by atoms with van der Waals surface area (Å²) in [5.74, 6) is 5.83. The molecule has 4 aromatic rings. The summed E-state index contributed by atoms with van der Waals surface area (Å²) in [6.45, 7) is 4.18. The number of fused-ring (bicyclic) bond motifs is 1. The maximum Gasteiger partial charge on any atom is 0.146 e. The van der Waals surface area contributed by atoms with Crippen molar-refractivity contribution in [2.24, 2.45) is 0 Å². The van der Waals surface area contributed by atoms with Crippen LogP contribution in [0, 0.1) is 24.6 Å². The lowest BCUT2D eigenvalue weighted by molar-refractivity contribution is 0.636. The van der Waals surface area contributed by atoms with Crippen molar-refractivity contribution in [3.63, 3.8) is 0 Å². The number of halogens is 1. The van der Waals surface area contributed by atoms with Gasteiger partial charge < -0.3 is 0 Å². The fourth-order valence-corrected chi connectivity index (χ4v) is 3.29. The van der Waals surface area contributed by atoms with Crippen molar-refractivity contribution in [3.8, 4) is 23.0 Å². The van der Waals surface area contributed by atoms with E-state index in [1.54, 1.807) is 6.07 Å². The van der Waals surface area contributed by atoms with E-state index in [1.165, 1.54) is 16.7 Å². The predicted molar refractivity (Wildman–Crippen MR) is 116 cm³/mol. The van der Waals surface area contributed by atoms with E-state index in [2.05, 4.69) is 62.1 Å². The molecule has 1 heteroatoms. The molecule has 0 aliphatic rings. The molecule has 0 radical (unpaired) electrons. The Morgan fingerprint density at radius 1 is 0.750 bits per heavy atom. The molecule has 0 amide bonds. The minimum absolute atomic E-state index is 0.246. The van der Waals surface area contributed by atoms with E-state index in [-0.39, 0.29) is 5.82 Å². The van der Waals surface area contributed by atoms with Crippen LogP contribution in [-0.2, 0) is 6.42 Å². The molecule has 0 spiro atoms. The van der Waals surface area contributed by atoms with Gasteiger partial charge in [0.15, 0.2) is 0 Å². The average molecular weight is 364 g/mol. The fourth-order valence-electron chi connectivity index (χ4n) is 3.29. The van der Waals surface area contributed by atoms with E-state index in [0.29, 0.717) is 10.9 Å². The summed E-state index contributed by atoms with van der Waals surface area (Å²) in [4.78, 5) is 0. The third kappa shape index (κ3) is 3.68. The lowest BCUT2D eigenvalue weighted by Gasteiger charge is -2.04. The first-order chi connectivity index (χ1) is 13.6. The van der Waals surface area contributed by atoms with Gasteiger partial charge in [-0.05, 0) is 53.6 Å². The van der Waals surface area contributed by atoms with E-state index >= 15 is 0 Å². The number of benzene rings is 4. The van der Waals surface area contributed by atoms with E-state index in [9.17, 15) is 4.39 Å². The quantitative estimate of drug-likeness (QED) is 0.339. The Bertz CT molecular complexity index is 1190. The Morgan fingerprint density at radius 3 is 2.11 bits per heavy atom. The summed E-state index contributed by atoms with van der Waals surface area (Å²) in [7, 11) is 0. The minimum Gasteiger partial charge on any atom is -0.205 e. The Hall–Kier alpha value is -3.37. The largest absolute Gasteiger partial charge is 0.205 e. The Kier molecular flexibility index (Phi) is 4.96. The van der Waals surface area contributed by atoms with Crippen molar-refractivity contribution >= 4 is 10.8 Å². The molecule has 0 bridgehead atoms. The van der Waals surface area contributed by atoms with Crippen LogP contribution in [0.4, 0.5) is 4.39 Å². The van der Waals surface area contributed by atoms with Gasteiger partial charge in [-0.2, -0.15) is 0 Å². The van der Waals surface area contributed by atoms with Gasteiger partial charge >= 0.3 is 0 Å². The van der Waals surface area contributed by atoms with Crippen molar-refractivity contribution < 1.29 is 4.39 Å². The predicted octanol–water partition coefficient (Wildman–Crippen LogP) is 6.92. The first-order valence-corrected chi connectivity index (χ1v) is 9.54. The first-order valence-electron chi connectivity index (χ1n) is 9.54. The molecule has 0 aliphatic carbocycles. The number of rotatable bonds is 2. The summed E-state index contributed by atoms with van der Waals surface area (Å²) >= 11 is 0. The number of aryl methyl sites for hydroxylation is 2. The Morgan fingerprint density at radius 2 is 1.43 bits per heavy atom. The van der Waals surface area contributed by atoms with Crippen LogP contribution in [0.25, 0.3) is 21.9 Å². The highest BCUT2D eigenvalue weighted by atomic mass is 19.1. The molecule has 0 saturated heterocycles. The Labute approximate surface area is 165 Å². The van der Waals surface area contributed by atoms with Crippen LogP contribution in [0.3, 0.4) is 0 Å². The summed E-state index contributed by atoms with van der Waals surface area (Å²) in [5, 5.41) is 1.54. The van der Waals surface area contributed by atoms with Gasteiger partial charge in [0, 0.05) is 10.9 Å². The van der Waals surface area contributed by atoms with Crippen molar-refractivity contribution in [1.29, 1.82) is 0 Å². The van der Waals surface area contributed by atoms with E-state index < -0.39 is 0 Å². The minimum atomic E-state index is -0.246. The third-order valence-electron chi connectivity index (χ3n) is 5.04. The van der Waals surface area contributed by atoms with Crippen LogP contribution < -0.4 is 0 Å². The molecule has 4 rings (SSSR count). The monoisotopic (exact) mass is 364 g/mol. The molecular weight excluding hydrogens is 343 g/mol. The van der Waals surface area contributed by atoms with Crippen molar-refractivity contribution in [1.82, 2.24) is 0 Å². The molecular formula is C27H21F. The standard InChI is InChI=1S/C27H21F/c1-3-20-9-17-26-25(18-20)16-15-24(27(26)28)14-8-21-6-12-23(13-7-21)22-10-4-19(2)5-11-22/h4-7,9-13,15-18H,3H2,1-2H3. The van der Waals surface area contributed by atoms with E-state index in [0.717, 1.165) is 22.9 Å². The van der Waals surface area contributed by atoms with Crippen LogP contribution in [0.1, 0.15) is 29.2 Å². The number of hydrogen-bond donors (Lipinski definition) is 0. The Balaban J connectivity index is 1.61. The summed E-state index contributed by atoms with van der Waals surface area (Å²) < 4.78 is 14.8.